The van der Waals surface area contributed by atoms with E-state index in [-0.39, 0.29) is 30.2 Å². The lowest BCUT2D eigenvalue weighted by molar-refractivity contribution is -0.158. The van der Waals surface area contributed by atoms with Crippen molar-refractivity contribution in [1.82, 2.24) is 5.32 Å². The monoisotopic (exact) mass is 338 g/mol. The van der Waals surface area contributed by atoms with Crippen LogP contribution in [0.1, 0.15) is 39.2 Å². The van der Waals surface area contributed by atoms with Gasteiger partial charge < -0.3 is 26.0 Å². The second-order valence-electron chi connectivity index (χ2n) is 6.57. The highest BCUT2D eigenvalue weighted by atomic mass is 16.6. The molecule has 0 aliphatic heterocycles. The Morgan fingerprint density at radius 3 is 2.46 bits per heavy atom. The fourth-order valence-corrected chi connectivity index (χ4v) is 2.03. The Kier molecular flexibility index (Phi) is 7.03. The van der Waals surface area contributed by atoms with Crippen LogP contribution >= 0.6 is 0 Å². The molecule has 1 rings (SSSR count). The molecule has 0 fully saturated rings. The van der Waals surface area contributed by atoms with Crippen molar-refractivity contribution in [2.75, 3.05) is 6.54 Å². The molecule has 1 unspecified atom stereocenters. The van der Waals surface area contributed by atoms with Crippen molar-refractivity contribution < 1.29 is 24.5 Å². The minimum atomic E-state index is -0.890. The van der Waals surface area contributed by atoms with Crippen LogP contribution in [0.5, 0.6) is 11.5 Å². The number of esters is 1. The maximum absolute atomic E-state index is 12.4. The smallest absolute Gasteiger partial charge is 0.329 e. The second-order valence-corrected chi connectivity index (χ2v) is 6.57. The third kappa shape index (κ3) is 6.87. The fourth-order valence-electron chi connectivity index (χ4n) is 2.03. The van der Waals surface area contributed by atoms with E-state index in [1.54, 1.807) is 26.8 Å². The molecule has 0 radical (unpaired) electrons. The van der Waals surface area contributed by atoms with Crippen LogP contribution in [0.2, 0.25) is 0 Å². The highest BCUT2D eigenvalue weighted by molar-refractivity contribution is 5.84. The number of phenols is 2. The zero-order chi connectivity index (χ0) is 18.3. The molecule has 7 heteroatoms. The van der Waals surface area contributed by atoms with Gasteiger partial charge in [-0.05, 0) is 51.4 Å². The molecule has 0 aliphatic carbocycles. The maximum atomic E-state index is 12.4. The maximum Gasteiger partial charge on any atom is 0.329 e. The molecule has 1 amide bonds. The van der Waals surface area contributed by atoms with E-state index in [2.05, 4.69) is 5.32 Å². The molecule has 1 atom stereocenters. The van der Waals surface area contributed by atoms with Gasteiger partial charge in [-0.3, -0.25) is 4.79 Å². The molecule has 0 aromatic heterocycles. The summed E-state index contributed by atoms with van der Waals surface area (Å²) in [5.41, 5.74) is 5.28. The van der Waals surface area contributed by atoms with Crippen LogP contribution < -0.4 is 11.1 Å². The van der Waals surface area contributed by atoms with Crippen LogP contribution in [0.4, 0.5) is 0 Å². The molecule has 0 saturated heterocycles. The number of amides is 1. The largest absolute Gasteiger partial charge is 0.504 e. The summed E-state index contributed by atoms with van der Waals surface area (Å²) < 4.78 is 5.34. The summed E-state index contributed by atoms with van der Waals surface area (Å²) in [5, 5.41) is 21.6. The van der Waals surface area contributed by atoms with Crippen molar-refractivity contribution in [2.45, 2.75) is 51.7 Å². The number of ether oxygens (including phenoxy) is 1. The van der Waals surface area contributed by atoms with Gasteiger partial charge in [0.2, 0.25) is 5.91 Å². The van der Waals surface area contributed by atoms with Crippen molar-refractivity contribution in [3.63, 3.8) is 0 Å². The molecule has 0 heterocycles. The van der Waals surface area contributed by atoms with Crippen LogP contribution in [0.25, 0.3) is 0 Å². The summed E-state index contributed by atoms with van der Waals surface area (Å²) in [6, 6.07) is 3.35. The number of nitrogens with two attached hydrogens (primary N) is 1. The van der Waals surface area contributed by atoms with Gasteiger partial charge in [0.1, 0.15) is 11.6 Å². The quantitative estimate of drug-likeness (QED) is 0.438. The Bertz CT molecular complexity index is 581. The van der Waals surface area contributed by atoms with Crippen molar-refractivity contribution in [3.05, 3.63) is 23.8 Å². The normalized spacial score (nSPS) is 12.5. The van der Waals surface area contributed by atoms with Gasteiger partial charge in [-0.15, -0.1) is 0 Å². The number of nitrogens with one attached hydrogen (secondary N) is 1. The van der Waals surface area contributed by atoms with Crippen molar-refractivity contribution in [3.8, 4) is 11.5 Å². The van der Waals surface area contributed by atoms with E-state index in [0.717, 1.165) is 0 Å². The van der Waals surface area contributed by atoms with Gasteiger partial charge in [0.05, 0.1) is 0 Å². The van der Waals surface area contributed by atoms with Crippen molar-refractivity contribution >= 4 is 11.9 Å². The first-order valence-electron chi connectivity index (χ1n) is 7.85. The Hall–Kier alpha value is -2.28. The molecule has 0 bridgehead atoms. The van der Waals surface area contributed by atoms with E-state index in [1.807, 2.05) is 0 Å². The molecule has 1 aromatic carbocycles. The molecular formula is C17H26N2O5. The Morgan fingerprint density at radius 2 is 1.92 bits per heavy atom. The van der Waals surface area contributed by atoms with E-state index in [9.17, 15) is 19.8 Å². The lowest BCUT2D eigenvalue weighted by Crippen LogP contribution is -2.45. The number of carbonyl (C=O) groups excluding carboxylic acids is 2. The van der Waals surface area contributed by atoms with Gasteiger partial charge in [0.25, 0.3) is 0 Å². The van der Waals surface area contributed by atoms with Gasteiger partial charge in [-0.25, -0.2) is 4.79 Å². The fraction of sp³-hybridized carbons (Fsp3) is 0.529. The number of hydrogen-bond acceptors (Lipinski definition) is 6. The summed E-state index contributed by atoms with van der Waals surface area (Å²) >= 11 is 0. The molecule has 5 N–H and O–H groups in total. The highest BCUT2D eigenvalue weighted by Crippen LogP contribution is 2.25. The minimum absolute atomic E-state index is 0.136. The molecule has 0 aliphatic rings. The van der Waals surface area contributed by atoms with Crippen molar-refractivity contribution in [2.24, 2.45) is 5.73 Å². The first-order chi connectivity index (χ1) is 11.1. The number of phenolic OH excluding ortho intramolecular Hbond substituents is 2. The second kappa shape index (κ2) is 8.54. The Morgan fingerprint density at radius 1 is 1.25 bits per heavy atom. The van der Waals surface area contributed by atoms with Crippen LogP contribution in [-0.4, -0.2) is 40.3 Å². The molecule has 134 valence electrons. The Balaban J connectivity index is 2.88. The average Bonchev–Trinajstić information content (AvgIpc) is 2.46. The van der Waals surface area contributed by atoms with E-state index in [4.69, 9.17) is 10.5 Å². The zero-order valence-electron chi connectivity index (χ0n) is 14.3. The van der Waals surface area contributed by atoms with Gasteiger partial charge in [0.15, 0.2) is 11.5 Å². The number of aromatic hydroxyl groups is 2. The van der Waals surface area contributed by atoms with Gasteiger partial charge in [0, 0.05) is 12.8 Å². The SMILES string of the molecule is CC(C)(C)OC(=O)C(Cc1ccc(O)c(O)c1)NC(=O)CCCN. The van der Waals surface area contributed by atoms with E-state index >= 15 is 0 Å². The highest BCUT2D eigenvalue weighted by Gasteiger charge is 2.27. The standard InChI is InChI=1S/C17H26N2O5/c1-17(2,3)24-16(23)12(19-15(22)5-4-8-18)9-11-6-7-13(20)14(21)10-11/h6-7,10,12,20-21H,4-5,8-9,18H2,1-3H3,(H,19,22). The average molecular weight is 338 g/mol. The molecule has 7 nitrogen and oxygen atoms in total. The zero-order valence-corrected chi connectivity index (χ0v) is 14.3. The number of benzene rings is 1. The van der Waals surface area contributed by atoms with Gasteiger partial charge in [-0.2, -0.15) is 0 Å². The minimum Gasteiger partial charge on any atom is -0.504 e. The number of rotatable bonds is 7. The van der Waals surface area contributed by atoms with E-state index in [0.29, 0.717) is 18.5 Å². The molecule has 24 heavy (non-hydrogen) atoms. The third-order valence-electron chi connectivity index (χ3n) is 3.11. The van der Waals surface area contributed by atoms with Crippen LogP contribution in [-0.2, 0) is 20.7 Å². The molecule has 0 saturated carbocycles. The Labute approximate surface area is 141 Å². The first kappa shape index (κ1) is 19.8. The molecule has 1 aromatic rings. The summed E-state index contributed by atoms with van der Waals surface area (Å²) in [6.45, 7) is 5.61. The van der Waals surface area contributed by atoms with E-state index < -0.39 is 17.6 Å². The number of carbonyl (C=O) groups is 2. The van der Waals surface area contributed by atoms with Crippen LogP contribution in [0.3, 0.4) is 0 Å². The summed E-state index contributed by atoms with van der Waals surface area (Å²) in [7, 11) is 0. The first-order valence-corrected chi connectivity index (χ1v) is 7.85. The lowest BCUT2D eigenvalue weighted by Gasteiger charge is -2.24. The molecule has 0 spiro atoms. The van der Waals surface area contributed by atoms with Gasteiger partial charge in [-0.1, -0.05) is 6.07 Å². The molecular weight excluding hydrogens is 312 g/mol. The predicted octanol–water partition coefficient (Wildman–Crippen LogP) is 1.21. The van der Waals surface area contributed by atoms with E-state index in [1.165, 1.54) is 12.1 Å². The van der Waals surface area contributed by atoms with Gasteiger partial charge >= 0.3 is 5.97 Å². The van der Waals surface area contributed by atoms with Crippen LogP contribution in [0.15, 0.2) is 18.2 Å². The summed E-state index contributed by atoms with van der Waals surface area (Å²) in [4.78, 5) is 24.3. The predicted molar refractivity (Wildman–Crippen MR) is 89.5 cm³/mol. The van der Waals surface area contributed by atoms with Crippen LogP contribution in [0, 0.1) is 0 Å². The summed E-state index contributed by atoms with van der Waals surface area (Å²) in [5.74, 6) is -1.39. The number of hydrogen-bond donors (Lipinski definition) is 4. The third-order valence-corrected chi connectivity index (χ3v) is 3.11. The van der Waals surface area contributed by atoms with Crippen molar-refractivity contribution in [1.29, 1.82) is 0 Å². The topological polar surface area (TPSA) is 122 Å². The summed E-state index contributed by atoms with van der Waals surface area (Å²) in [6.07, 6.45) is 0.876. The lowest BCUT2D eigenvalue weighted by atomic mass is 10.0.